The van der Waals surface area contributed by atoms with E-state index in [1.807, 2.05) is 18.3 Å². The Kier molecular flexibility index (Phi) is 5.22. The Morgan fingerprint density at radius 3 is 2.72 bits per heavy atom. The van der Waals surface area contributed by atoms with Gasteiger partial charge in [0.15, 0.2) is 0 Å². The van der Waals surface area contributed by atoms with Gasteiger partial charge in [-0.2, -0.15) is 0 Å². The first-order chi connectivity index (χ1) is 15.5. The van der Waals surface area contributed by atoms with E-state index in [-0.39, 0.29) is 11.6 Å². The lowest BCUT2D eigenvalue weighted by atomic mass is 9.79. The van der Waals surface area contributed by atoms with Gasteiger partial charge in [0.05, 0.1) is 18.8 Å². The van der Waals surface area contributed by atoms with Crippen LogP contribution in [0.1, 0.15) is 52.7 Å². The molecule has 3 atom stereocenters. The summed E-state index contributed by atoms with van der Waals surface area (Å²) in [5, 5.41) is 10.6. The summed E-state index contributed by atoms with van der Waals surface area (Å²) in [7, 11) is 3.54. The highest BCUT2D eigenvalue weighted by atomic mass is 16.5. The monoisotopic (exact) mass is 434 g/mol. The summed E-state index contributed by atoms with van der Waals surface area (Å²) in [4.78, 5) is 17.4. The second-order valence-corrected chi connectivity index (χ2v) is 9.17. The van der Waals surface area contributed by atoms with Crippen molar-refractivity contribution in [3.05, 3.63) is 64.8 Å². The van der Waals surface area contributed by atoms with Crippen molar-refractivity contribution in [2.45, 2.75) is 56.8 Å². The van der Waals surface area contributed by atoms with Gasteiger partial charge in [-0.15, -0.1) is 0 Å². The third-order valence-electron chi connectivity index (χ3n) is 7.64. The number of nitrogens with zero attached hydrogens (tertiary/aromatic N) is 1. The minimum atomic E-state index is -0.896. The number of rotatable bonds is 6. The van der Waals surface area contributed by atoms with E-state index in [0.29, 0.717) is 11.6 Å². The number of carbonyl (C=O) groups is 1. The van der Waals surface area contributed by atoms with Crippen molar-refractivity contribution < 1.29 is 19.4 Å². The minimum absolute atomic E-state index is 0.181. The molecule has 2 aliphatic heterocycles. The largest absolute Gasteiger partial charge is 0.496 e. The first-order valence-corrected chi connectivity index (χ1v) is 11.2. The lowest BCUT2D eigenvalue weighted by molar-refractivity contribution is -0.0460. The van der Waals surface area contributed by atoms with Gasteiger partial charge in [-0.3, -0.25) is 4.90 Å². The number of hydrogen-bond donors (Lipinski definition) is 2. The number of hydrogen-bond acceptors (Lipinski definition) is 4. The quantitative estimate of drug-likeness (QED) is 0.580. The number of carboxylic acid groups (broad SMARTS) is 1. The zero-order valence-corrected chi connectivity index (χ0v) is 18.9. The molecule has 2 saturated heterocycles. The highest BCUT2D eigenvalue weighted by Crippen LogP contribution is 2.52. The zero-order valence-electron chi connectivity index (χ0n) is 18.9. The van der Waals surface area contributed by atoms with Crippen molar-refractivity contribution >= 4 is 16.9 Å². The van der Waals surface area contributed by atoms with Crippen LogP contribution in [0, 0.1) is 6.92 Å². The summed E-state index contributed by atoms with van der Waals surface area (Å²) in [5.41, 5.74) is 4.83. The molecule has 0 aliphatic carbocycles. The summed E-state index contributed by atoms with van der Waals surface area (Å²) >= 11 is 0. The van der Waals surface area contributed by atoms with Crippen molar-refractivity contribution in [2.75, 3.05) is 14.2 Å². The Labute approximate surface area is 188 Å². The van der Waals surface area contributed by atoms with Crippen LogP contribution in [0.25, 0.3) is 10.9 Å². The summed E-state index contributed by atoms with van der Waals surface area (Å²) in [6.07, 6.45) is 6.24. The molecule has 3 heterocycles. The van der Waals surface area contributed by atoms with Gasteiger partial charge in [0.1, 0.15) is 5.75 Å². The number of H-pyrrole nitrogens is 1. The number of piperidine rings is 1. The molecule has 168 valence electrons. The molecule has 2 aliphatic rings. The van der Waals surface area contributed by atoms with Gasteiger partial charge >= 0.3 is 5.97 Å². The summed E-state index contributed by atoms with van der Waals surface area (Å²) in [6, 6.07) is 12.1. The molecule has 6 nitrogen and oxygen atoms in total. The van der Waals surface area contributed by atoms with Crippen LogP contribution >= 0.6 is 0 Å². The average Bonchev–Trinajstić information content (AvgIpc) is 3.37. The zero-order chi connectivity index (χ0) is 22.5. The van der Waals surface area contributed by atoms with E-state index in [9.17, 15) is 9.90 Å². The van der Waals surface area contributed by atoms with Crippen LogP contribution in [-0.4, -0.2) is 47.3 Å². The van der Waals surface area contributed by atoms with Gasteiger partial charge in [0, 0.05) is 47.9 Å². The predicted octanol–water partition coefficient (Wildman–Crippen LogP) is 4.85. The lowest BCUT2D eigenvalue weighted by Gasteiger charge is -2.48. The normalized spacial score (nSPS) is 25.3. The molecule has 3 aromatic rings. The summed E-state index contributed by atoms with van der Waals surface area (Å²) in [6.45, 7) is 2.88. The number of methoxy groups -OCH3 is 2. The SMILES string of the molecule is COc1cc(C)c2[nH]ccc2c1CN1C2CCC1(c1ccc(C(=O)O)cc1)CC(OC)C2. The second kappa shape index (κ2) is 7.94. The molecule has 1 aromatic heterocycles. The van der Waals surface area contributed by atoms with Crippen LogP contribution in [0.15, 0.2) is 42.6 Å². The first kappa shape index (κ1) is 21.0. The standard InChI is InChI=1S/C26H30N2O4/c1-16-12-23(32-3)22(21-9-11-27-24(16)21)15-28-19-8-10-26(28,14-20(13-19)31-2)18-6-4-17(5-7-18)25(29)30/h4-7,9,11-12,19-20,27H,8,10,13-15H2,1-3H3,(H,29,30). The molecule has 0 spiro atoms. The van der Waals surface area contributed by atoms with Crippen LogP contribution in [-0.2, 0) is 16.8 Å². The Hall–Kier alpha value is -2.83. The number of aromatic amines is 1. The fourth-order valence-electron chi connectivity index (χ4n) is 6.04. The van der Waals surface area contributed by atoms with Gasteiger partial charge in [-0.05, 0) is 68.0 Å². The van der Waals surface area contributed by atoms with Crippen molar-refractivity contribution in [3.8, 4) is 5.75 Å². The maximum Gasteiger partial charge on any atom is 0.335 e. The molecule has 0 radical (unpaired) electrons. The molecular formula is C26H30N2O4. The van der Waals surface area contributed by atoms with Gasteiger partial charge in [-0.25, -0.2) is 4.79 Å². The van der Waals surface area contributed by atoms with Crippen LogP contribution in [0.5, 0.6) is 5.75 Å². The smallest absolute Gasteiger partial charge is 0.335 e. The van der Waals surface area contributed by atoms with Gasteiger partial charge in [-0.1, -0.05) is 12.1 Å². The van der Waals surface area contributed by atoms with Crippen LogP contribution in [0.4, 0.5) is 0 Å². The van der Waals surface area contributed by atoms with Gasteiger partial charge in [0.25, 0.3) is 0 Å². The molecular weight excluding hydrogens is 404 g/mol. The summed E-state index contributed by atoms with van der Waals surface area (Å²) < 4.78 is 11.7. The van der Waals surface area contributed by atoms with E-state index in [1.165, 1.54) is 22.1 Å². The van der Waals surface area contributed by atoms with E-state index < -0.39 is 5.97 Å². The first-order valence-electron chi connectivity index (χ1n) is 11.2. The molecule has 32 heavy (non-hydrogen) atoms. The fraction of sp³-hybridized carbons (Fsp3) is 0.423. The number of carboxylic acids is 1. The van der Waals surface area contributed by atoms with E-state index in [0.717, 1.165) is 43.5 Å². The second-order valence-electron chi connectivity index (χ2n) is 9.17. The number of aromatic nitrogens is 1. The molecule has 6 heteroatoms. The number of aryl methyl sites for hydroxylation is 1. The third-order valence-corrected chi connectivity index (χ3v) is 7.64. The predicted molar refractivity (Wildman–Crippen MR) is 123 cm³/mol. The molecule has 2 fully saturated rings. The highest BCUT2D eigenvalue weighted by Gasteiger charge is 2.52. The molecule has 0 saturated carbocycles. The third kappa shape index (κ3) is 3.21. The molecule has 0 amide bonds. The number of nitrogens with one attached hydrogen (secondary N) is 1. The topological polar surface area (TPSA) is 74.8 Å². The van der Waals surface area contributed by atoms with Crippen LogP contribution < -0.4 is 4.74 Å². The van der Waals surface area contributed by atoms with E-state index in [1.54, 1.807) is 26.4 Å². The van der Waals surface area contributed by atoms with Crippen molar-refractivity contribution in [1.82, 2.24) is 9.88 Å². The molecule has 3 unspecified atom stereocenters. The highest BCUT2D eigenvalue weighted by molar-refractivity contribution is 5.88. The maximum absolute atomic E-state index is 11.4. The molecule has 2 bridgehead atoms. The lowest BCUT2D eigenvalue weighted by Crippen LogP contribution is -2.52. The van der Waals surface area contributed by atoms with E-state index >= 15 is 0 Å². The Bertz CT molecular complexity index is 1150. The molecule has 5 rings (SSSR count). The van der Waals surface area contributed by atoms with Crippen molar-refractivity contribution in [3.63, 3.8) is 0 Å². The maximum atomic E-state index is 11.4. The van der Waals surface area contributed by atoms with Crippen molar-refractivity contribution in [2.24, 2.45) is 0 Å². The number of benzene rings is 2. The van der Waals surface area contributed by atoms with Gasteiger partial charge < -0.3 is 19.6 Å². The number of fused-ring (bicyclic) bond motifs is 3. The Balaban J connectivity index is 1.60. The Morgan fingerprint density at radius 1 is 1.25 bits per heavy atom. The van der Waals surface area contributed by atoms with Gasteiger partial charge in [0.2, 0.25) is 0 Å². The van der Waals surface area contributed by atoms with Crippen LogP contribution in [0.2, 0.25) is 0 Å². The molecule has 2 aromatic carbocycles. The van der Waals surface area contributed by atoms with E-state index in [2.05, 4.69) is 28.9 Å². The average molecular weight is 435 g/mol. The minimum Gasteiger partial charge on any atom is -0.496 e. The fourth-order valence-corrected chi connectivity index (χ4v) is 6.04. The van der Waals surface area contributed by atoms with Crippen molar-refractivity contribution in [1.29, 1.82) is 0 Å². The van der Waals surface area contributed by atoms with Crippen LogP contribution in [0.3, 0.4) is 0 Å². The summed E-state index contributed by atoms with van der Waals surface area (Å²) in [5.74, 6) is 0.0205. The number of ether oxygens (including phenoxy) is 2. The number of aromatic carboxylic acids is 1. The van der Waals surface area contributed by atoms with E-state index in [4.69, 9.17) is 9.47 Å². The Morgan fingerprint density at radius 2 is 2.03 bits per heavy atom. The molecule has 2 N–H and O–H groups in total.